The summed E-state index contributed by atoms with van der Waals surface area (Å²) in [6, 6.07) is 2.34. The largest absolute Gasteiger partial charge is 0.364 e. The number of aromatic nitrogens is 1. The zero-order chi connectivity index (χ0) is 13.0. The first-order valence-corrected chi connectivity index (χ1v) is 4.55. The van der Waals surface area contributed by atoms with Gasteiger partial charge in [0, 0.05) is 13.0 Å². The Bertz CT molecular complexity index is 510. The molecule has 2 amide bonds. The van der Waals surface area contributed by atoms with Gasteiger partial charge in [-0.15, -0.1) is 0 Å². The first-order valence-electron chi connectivity index (χ1n) is 4.55. The zero-order valence-corrected chi connectivity index (χ0v) is 8.97. The number of nitrogens with zero attached hydrogens (tertiary/aromatic N) is 2. The normalized spacial score (nSPS) is 9.47. The van der Waals surface area contributed by atoms with Crippen LogP contribution in [0.4, 0.5) is 5.82 Å². The highest BCUT2D eigenvalue weighted by atomic mass is 16.6. The van der Waals surface area contributed by atoms with Crippen LogP contribution in [0.1, 0.15) is 16.1 Å². The number of nitro groups is 1. The number of carbonyl (C=O) groups is 2. The van der Waals surface area contributed by atoms with E-state index in [0.29, 0.717) is 5.69 Å². The summed E-state index contributed by atoms with van der Waals surface area (Å²) in [5.41, 5.74) is 0.315. The molecule has 0 aliphatic carbocycles. The third kappa shape index (κ3) is 3.20. The Hall–Kier alpha value is -2.57. The zero-order valence-electron chi connectivity index (χ0n) is 8.97. The molecule has 0 aliphatic rings. The van der Waals surface area contributed by atoms with Gasteiger partial charge >= 0.3 is 5.82 Å². The molecule has 0 spiro atoms. The molecule has 1 N–H and O–H groups in total. The lowest BCUT2D eigenvalue weighted by molar-refractivity contribution is -0.389. The molecule has 0 fully saturated rings. The summed E-state index contributed by atoms with van der Waals surface area (Å²) < 4.78 is 0. The standard InChI is InChI=1S/C10H9N3O4/c1-3-9(14)12-10(15)7-4-6(2)11-8(5-7)13(16)17/h3-5H,1H2,2H3,(H,12,14,15). The molecule has 0 aliphatic heterocycles. The number of carbonyl (C=O) groups excluding carboxylic acids is 2. The first-order chi connectivity index (χ1) is 7.93. The van der Waals surface area contributed by atoms with Crippen LogP contribution in [0.25, 0.3) is 0 Å². The molecular formula is C10H9N3O4. The van der Waals surface area contributed by atoms with Gasteiger partial charge in [-0.2, -0.15) is 0 Å². The lowest BCUT2D eigenvalue weighted by Crippen LogP contribution is -2.28. The number of aryl methyl sites for hydroxylation is 1. The van der Waals surface area contributed by atoms with Crippen molar-refractivity contribution in [3.63, 3.8) is 0 Å². The Morgan fingerprint density at radius 3 is 2.71 bits per heavy atom. The van der Waals surface area contributed by atoms with Crippen molar-refractivity contribution in [2.45, 2.75) is 6.92 Å². The van der Waals surface area contributed by atoms with Crippen LogP contribution in [0.2, 0.25) is 0 Å². The van der Waals surface area contributed by atoms with Gasteiger partial charge in [-0.05, 0) is 22.0 Å². The smallest absolute Gasteiger partial charge is 0.358 e. The third-order valence-corrected chi connectivity index (χ3v) is 1.81. The predicted molar refractivity (Wildman–Crippen MR) is 58.3 cm³/mol. The van der Waals surface area contributed by atoms with E-state index in [0.717, 1.165) is 12.1 Å². The van der Waals surface area contributed by atoms with Crippen LogP contribution in [-0.4, -0.2) is 21.7 Å². The van der Waals surface area contributed by atoms with Gasteiger partial charge in [-0.3, -0.25) is 14.9 Å². The molecule has 7 heteroatoms. The second-order valence-electron chi connectivity index (χ2n) is 3.14. The minimum Gasteiger partial charge on any atom is -0.358 e. The van der Waals surface area contributed by atoms with Crippen molar-refractivity contribution >= 4 is 17.6 Å². The molecular weight excluding hydrogens is 226 g/mol. The fourth-order valence-corrected chi connectivity index (χ4v) is 1.11. The number of amides is 2. The Morgan fingerprint density at radius 2 is 2.18 bits per heavy atom. The summed E-state index contributed by atoms with van der Waals surface area (Å²) in [5.74, 6) is -1.85. The molecule has 0 aromatic carbocycles. The van der Waals surface area contributed by atoms with Gasteiger partial charge in [0.05, 0.1) is 5.56 Å². The fraction of sp³-hybridized carbons (Fsp3) is 0.100. The molecule has 88 valence electrons. The van der Waals surface area contributed by atoms with Gasteiger partial charge in [0.25, 0.3) is 5.91 Å². The summed E-state index contributed by atoms with van der Waals surface area (Å²) in [7, 11) is 0. The maximum absolute atomic E-state index is 11.5. The fourth-order valence-electron chi connectivity index (χ4n) is 1.11. The molecule has 1 rings (SSSR count). The van der Waals surface area contributed by atoms with Crippen molar-refractivity contribution in [2.75, 3.05) is 0 Å². The molecule has 0 bridgehead atoms. The van der Waals surface area contributed by atoms with Gasteiger partial charge in [0.1, 0.15) is 0 Å². The molecule has 0 atom stereocenters. The molecule has 0 radical (unpaired) electrons. The SMILES string of the molecule is C=CC(=O)NC(=O)c1cc(C)nc([N+](=O)[O-])c1. The second-order valence-corrected chi connectivity index (χ2v) is 3.14. The lowest BCUT2D eigenvalue weighted by Gasteiger charge is -2.01. The Kier molecular flexibility index (Phi) is 3.66. The number of nitrogens with one attached hydrogen (secondary N) is 1. The molecule has 0 unspecified atom stereocenters. The summed E-state index contributed by atoms with van der Waals surface area (Å²) in [4.78, 5) is 35.9. The van der Waals surface area contributed by atoms with E-state index in [1.165, 1.54) is 13.0 Å². The molecule has 0 saturated heterocycles. The Balaban J connectivity index is 3.05. The third-order valence-electron chi connectivity index (χ3n) is 1.81. The van der Waals surface area contributed by atoms with E-state index in [-0.39, 0.29) is 5.56 Å². The number of imide groups is 1. The maximum atomic E-state index is 11.5. The molecule has 0 saturated carbocycles. The minimum atomic E-state index is -0.733. The molecule has 1 aromatic heterocycles. The Labute approximate surface area is 96.3 Å². The average molecular weight is 235 g/mol. The van der Waals surface area contributed by atoms with Crippen molar-refractivity contribution in [2.24, 2.45) is 0 Å². The van der Waals surface area contributed by atoms with Crippen molar-refractivity contribution in [3.8, 4) is 0 Å². The van der Waals surface area contributed by atoms with Crippen LogP contribution in [0.5, 0.6) is 0 Å². The van der Waals surface area contributed by atoms with E-state index in [4.69, 9.17) is 0 Å². The van der Waals surface area contributed by atoms with Gasteiger partial charge in [-0.1, -0.05) is 6.58 Å². The monoisotopic (exact) mass is 235 g/mol. The van der Waals surface area contributed by atoms with Crippen LogP contribution in [0.3, 0.4) is 0 Å². The molecule has 1 aromatic rings. The van der Waals surface area contributed by atoms with Gasteiger partial charge in [0.2, 0.25) is 5.91 Å². The van der Waals surface area contributed by atoms with Crippen LogP contribution in [-0.2, 0) is 4.79 Å². The molecule has 1 heterocycles. The summed E-state index contributed by atoms with van der Waals surface area (Å²) in [6.07, 6.45) is 0.931. The number of hydrogen-bond donors (Lipinski definition) is 1. The summed E-state index contributed by atoms with van der Waals surface area (Å²) in [5, 5.41) is 12.5. The topological polar surface area (TPSA) is 102 Å². The van der Waals surface area contributed by atoms with E-state index in [1.807, 2.05) is 5.32 Å². The van der Waals surface area contributed by atoms with E-state index in [1.54, 1.807) is 0 Å². The number of rotatable bonds is 3. The van der Waals surface area contributed by atoms with E-state index in [9.17, 15) is 19.7 Å². The van der Waals surface area contributed by atoms with E-state index >= 15 is 0 Å². The van der Waals surface area contributed by atoms with Gasteiger partial charge in [-0.25, -0.2) is 0 Å². The van der Waals surface area contributed by atoms with Crippen molar-refractivity contribution in [1.29, 1.82) is 0 Å². The highest BCUT2D eigenvalue weighted by Crippen LogP contribution is 2.12. The van der Waals surface area contributed by atoms with Crippen molar-refractivity contribution in [1.82, 2.24) is 10.3 Å². The highest BCUT2D eigenvalue weighted by Gasteiger charge is 2.16. The Morgan fingerprint density at radius 1 is 1.53 bits per heavy atom. The minimum absolute atomic E-state index is 0.000556. The quantitative estimate of drug-likeness (QED) is 0.473. The molecule has 17 heavy (non-hydrogen) atoms. The second kappa shape index (κ2) is 4.97. The van der Waals surface area contributed by atoms with Crippen LogP contribution >= 0.6 is 0 Å². The number of hydrogen-bond acceptors (Lipinski definition) is 5. The first kappa shape index (κ1) is 12.5. The van der Waals surface area contributed by atoms with Gasteiger partial charge in [0.15, 0.2) is 5.69 Å². The van der Waals surface area contributed by atoms with Gasteiger partial charge < -0.3 is 10.1 Å². The lowest BCUT2D eigenvalue weighted by atomic mass is 10.2. The van der Waals surface area contributed by atoms with E-state index < -0.39 is 22.6 Å². The van der Waals surface area contributed by atoms with Crippen LogP contribution < -0.4 is 5.32 Å². The van der Waals surface area contributed by atoms with Crippen molar-refractivity contribution < 1.29 is 14.5 Å². The maximum Gasteiger partial charge on any atom is 0.364 e. The van der Waals surface area contributed by atoms with E-state index in [2.05, 4.69) is 11.6 Å². The number of pyridine rings is 1. The van der Waals surface area contributed by atoms with Crippen molar-refractivity contribution in [3.05, 3.63) is 46.2 Å². The summed E-state index contributed by atoms with van der Waals surface area (Å²) >= 11 is 0. The highest BCUT2D eigenvalue weighted by molar-refractivity contribution is 6.07. The van der Waals surface area contributed by atoms with Crippen LogP contribution in [0, 0.1) is 17.0 Å². The summed E-state index contributed by atoms with van der Waals surface area (Å²) in [6.45, 7) is 4.70. The average Bonchev–Trinajstić information content (AvgIpc) is 2.27. The van der Waals surface area contributed by atoms with Crippen LogP contribution in [0.15, 0.2) is 24.8 Å². The predicted octanol–water partition coefficient (Wildman–Crippen LogP) is 0.741. The molecule has 7 nitrogen and oxygen atoms in total.